The number of thiophene rings is 1. The minimum atomic E-state index is -3.19. The van der Waals surface area contributed by atoms with Crippen LogP contribution >= 0.6 is 11.3 Å². The molecule has 1 saturated heterocycles. The molecule has 0 unspecified atom stereocenters. The Morgan fingerprint density at radius 2 is 1.83 bits per heavy atom. The number of fused-ring (bicyclic) bond motifs is 1. The molecule has 8 nitrogen and oxygen atoms in total. The molecule has 2 aromatic rings. The highest BCUT2D eigenvalue weighted by Gasteiger charge is 2.27. The van der Waals surface area contributed by atoms with Gasteiger partial charge in [-0.25, -0.2) is 8.42 Å². The number of anilines is 1. The van der Waals surface area contributed by atoms with Crippen molar-refractivity contribution in [3.8, 4) is 11.5 Å². The molecule has 2 aliphatic heterocycles. The van der Waals surface area contributed by atoms with Gasteiger partial charge in [0.25, 0.3) is 0 Å². The monoisotopic (exact) mass is 451 g/mol. The summed E-state index contributed by atoms with van der Waals surface area (Å²) in [4.78, 5) is 18.1. The zero-order valence-corrected chi connectivity index (χ0v) is 18.5. The number of piperazine rings is 1. The summed E-state index contributed by atoms with van der Waals surface area (Å²) in [5, 5.41) is 1.99. The predicted octanol–water partition coefficient (Wildman–Crippen LogP) is 1.63. The number of nitrogens with zero attached hydrogens (tertiary/aromatic N) is 3. The molecule has 4 rings (SSSR count). The number of benzene rings is 1. The van der Waals surface area contributed by atoms with Crippen LogP contribution in [0.2, 0.25) is 0 Å². The van der Waals surface area contributed by atoms with E-state index < -0.39 is 10.0 Å². The maximum atomic E-state index is 13.3. The second kappa shape index (κ2) is 8.93. The number of carbonyl (C=O) groups is 1. The van der Waals surface area contributed by atoms with Crippen LogP contribution in [0, 0.1) is 0 Å². The second-order valence-electron chi connectivity index (χ2n) is 7.33. The molecule has 0 atom stereocenters. The predicted molar refractivity (Wildman–Crippen MR) is 116 cm³/mol. The van der Waals surface area contributed by atoms with Gasteiger partial charge in [0, 0.05) is 42.8 Å². The van der Waals surface area contributed by atoms with Gasteiger partial charge in [0.05, 0.1) is 19.3 Å². The third-order valence-corrected chi connectivity index (χ3v) is 7.36. The largest absolute Gasteiger partial charge is 0.486 e. The zero-order valence-electron chi connectivity index (χ0n) is 16.8. The van der Waals surface area contributed by atoms with E-state index in [-0.39, 0.29) is 12.5 Å². The molecule has 0 bridgehead atoms. The van der Waals surface area contributed by atoms with E-state index in [9.17, 15) is 13.2 Å². The van der Waals surface area contributed by atoms with Gasteiger partial charge in [-0.05, 0) is 23.6 Å². The van der Waals surface area contributed by atoms with Crippen molar-refractivity contribution >= 4 is 33.0 Å². The molecule has 3 heterocycles. The van der Waals surface area contributed by atoms with E-state index in [0.717, 1.165) is 10.6 Å². The summed E-state index contributed by atoms with van der Waals surface area (Å²) in [7, 11) is -3.19. The zero-order chi connectivity index (χ0) is 21.1. The Balaban J connectivity index is 1.49. The van der Waals surface area contributed by atoms with Crippen LogP contribution in [0.1, 0.15) is 4.88 Å². The first-order valence-electron chi connectivity index (χ1n) is 9.80. The smallest absolute Gasteiger partial charge is 0.241 e. The number of rotatable bonds is 6. The fraction of sp³-hybridized carbons (Fsp3) is 0.450. The quantitative estimate of drug-likeness (QED) is 0.664. The van der Waals surface area contributed by atoms with Crippen LogP contribution in [-0.2, 0) is 21.4 Å². The Bertz CT molecular complexity index is 986. The van der Waals surface area contributed by atoms with E-state index in [0.29, 0.717) is 57.4 Å². The Morgan fingerprint density at radius 1 is 1.10 bits per heavy atom. The minimum Gasteiger partial charge on any atom is -0.486 e. The summed E-state index contributed by atoms with van der Waals surface area (Å²) < 4.78 is 36.2. The Kier molecular flexibility index (Phi) is 6.28. The SMILES string of the molecule is CS(=O)(=O)N1CCN(CC(=O)N(Cc2cccs2)c2ccc3c(c2)OCCO3)CC1. The number of carbonyl (C=O) groups excluding carboxylic acids is 1. The molecular formula is C20H25N3O5S2. The van der Waals surface area contributed by atoms with Crippen molar-refractivity contribution in [1.82, 2.24) is 9.21 Å². The van der Waals surface area contributed by atoms with E-state index >= 15 is 0 Å². The van der Waals surface area contributed by atoms with Gasteiger partial charge in [-0.1, -0.05) is 6.07 Å². The topological polar surface area (TPSA) is 79.4 Å². The van der Waals surface area contributed by atoms with Crippen molar-refractivity contribution in [1.29, 1.82) is 0 Å². The summed E-state index contributed by atoms with van der Waals surface area (Å²) in [5.74, 6) is 1.29. The summed E-state index contributed by atoms with van der Waals surface area (Å²) >= 11 is 1.60. The van der Waals surface area contributed by atoms with Gasteiger partial charge in [0.1, 0.15) is 13.2 Å². The highest BCUT2D eigenvalue weighted by Crippen LogP contribution is 2.34. The van der Waals surface area contributed by atoms with E-state index in [1.807, 2.05) is 40.6 Å². The molecule has 162 valence electrons. The van der Waals surface area contributed by atoms with Crippen molar-refractivity contribution in [3.05, 3.63) is 40.6 Å². The fourth-order valence-electron chi connectivity index (χ4n) is 3.58. The van der Waals surface area contributed by atoms with Gasteiger partial charge in [-0.15, -0.1) is 11.3 Å². The third-order valence-electron chi connectivity index (χ3n) is 5.19. The summed E-state index contributed by atoms with van der Waals surface area (Å²) in [6.45, 7) is 3.59. The average Bonchev–Trinajstić information content (AvgIpc) is 3.25. The van der Waals surface area contributed by atoms with Crippen molar-refractivity contribution in [2.24, 2.45) is 0 Å². The van der Waals surface area contributed by atoms with E-state index in [4.69, 9.17) is 9.47 Å². The highest BCUT2D eigenvalue weighted by atomic mass is 32.2. The van der Waals surface area contributed by atoms with E-state index in [2.05, 4.69) is 0 Å². The average molecular weight is 452 g/mol. The van der Waals surface area contributed by atoms with Crippen molar-refractivity contribution in [2.75, 3.05) is 57.1 Å². The molecule has 0 radical (unpaired) electrons. The maximum absolute atomic E-state index is 13.3. The van der Waals surface area contributed by atoms with Gasteiger partial charge in [0.15, 0.2) is 11.5 Å². The van der Waals surface area contributed by atoms with Crippen LogP contribution in [0.5, 0.6) is 11.5 Å². The number of hydrogen-bond donors (Lipinski definition) is 0. The molecule has 2 aliphatic rings. The van der Waals surface area contributed by atoms with Crippen LogP contribution in [0.3, 0.4) is 0 Å². The summed E-state index contributed by atoms with van der Waals surface area (Å²) in [6.07, 6.45) is 1.22. The molecule has 1 amide bonds. The Labute approximate surface area is 180 Å². The number of amides is 1. The van der Waals surface area contributed by atoms with Gasteiger partial charge in [-0.2, -0.15) is 4.31 Å². The van der Waals surface area contributed by atoms with Crippen molar-refractivity contribution in [2.45, 2.75) is 6.54 Å². The molecule has 30 heavy (non-hydrogen) atoms. The molecule has 0 spiro atoms. The normalized spacial score (nSPS) is 17.6. The number of ether oxygens (including phenoxy) is 2. The van der Waals surface area contributed by atoms with Crippen LogP contribution in [-0.4, -0.2) is 75.7 Å². The van der Waals surface area contributed by atoms with Crippen LogP contribution < -0.4 is 14.4 Å². The standard InChI is InChI=1S/C20H25N3O5S2/c1-30(25,26)22-8-6-21(7-9-22)15-20(24)23(14-17-3-2-12-29-17)16-4-5-18-19(13-16)28-11-10-27-18/h2-5,12-13H,6-11,14-15H2,1H3. The Morgan fingerprint density at radius 3 is 2.50 bits per heavy atom. The van der Waals surface area contributed by atoms with Crippen LogP contribution in [0.4, 0.5) is 5.69 Å². The lowest BCUT2D eigenvalue weighted by atomic mass is 10.2. The molecule has 1 aromatic carbocycles. The van der Waals surface area contributed by atoms with Gasteiger partial charge >= 0.3 is 0 Å². The Hall–Kier alpha value is -2.14. The van der Waals surface area contributed by atoms with Crippen molar-refractivity contribution < 1.29 is 22.7 Å². The van der Waals surface area contributed by atoms with E-state index in [1.165, 1.54) is 10.6 Å². The summed E-state index contributed by atoms with van der Waals surface area (Å²) in [5.41, 5.74) is 0.757. The molecular weight excluding hydrogens is 426 g/mol. The van der Waals surface area contributed by atoms with Gasteiger partial charge in [-0.3, -0.25) is 9.69 Å². The molecule has 1 fully saturated rings. The van der Waals surface area contributed by atoms with Crippen LogP contribution in [0.25, 0.3) is 0 Å². The lowest BCUT2D eigenvalue weighted by Gasteiger charge is -2.34. The molecule has 0 N–H and O–H groups in total. The first-order valence-corrected chi connectivity index (χ1v) is 12.5. The molecule has 10 heteroatoms. The molecule has 0 saturated carbocycles. The molecule has 0 aliphatic carbocycles. The van der Waals surface area contributed by atoms with Crippen molar-refractivity contribution in [3.63, 3.8) is 0 Å². The van der Waals surface area contributed by atoms with E-state index in [1.54, 1.807) is 16.2 Å². The molecule has 1 aromatic heterocycles. The first-order chi connectivity index (χ1) is 14.4. The number of hydrogen-bond acceptors (Lipinski definition) is 7. The fourth-order valence-corrected chi connectivity index (χ4v) is 5.10. The number of sulfonamides is 1. The lowest BCUT2D eigenvalue weighted by Crippen LogP contribution is -2.51. The van der Waals surface area contributed by atoms with Crippen LogP contribution in [0.15, 0.2) is 35.7 Å². The van der Waals surface area contributed by atoms with Gasteiger partial charge in [0.2, 0.25) is 15.9 Å². The summed E-state index contributed by atoms with van der Waals surface area (Å²) in [6, 6.07) is 9.54. The minimum absolute atomic E-state index is 0.0344. The van der Waals surface area contributed by atoms with Gasteiger partial charge < -0.3 is 14.4 Å². The lowest BCUT2D eigenvalue weighted by molar-refractivity contribution is -0.120. The maximum Gasteiger partial charge on any atom is 0.241 e. The first kappa shape index (κ1) is 21.1. The third kappa shape index (κ3) is 4.94. The highest BCUT2D eigenvalue weighted by molar-refractivity contribution is 7.88. The second-order valence-corrected chi connectivity index (χ2v) is 10.3.